The molecule has 0 atom stereocenters. The van der Waals surface area contributed by atoms with Gasteiger partial charge in [-0.15, -0.1) is 0 Å². The van der Waals surface area contributed by atoms with E-state index < -0.39 is 20.0 Å². The van der Waals surface area contributed by atoms with Crippen LogP contribution in [0.4, 0.5) is 0 Å². The summed E-state index contributed by atoms with van der Waals surface area (Å²) in [5.74, 6) is 0.135. The summed E-state index contributed by atoms with van der Waals surface area (Å²) in [4.78, 5) is 19.4. The average Bonchev–Trinajstić information content (AvgIpc) is 3.02. The van der Waals surface area contributed by atoms with Crippen LogP contribution in [0, 0.1) is 0 Å². The van der Waals surface area contributed by atoms with Gasteiger partial charge >= 0.3 is 0 Å². The zero-order chi connectivity index (χ0) is 17.4. The molecule has 0 radical (unpaired) electrons. The molecule has 132 valence electrons. The molecule has 1 saturated carbocycles. The van der Waals surface area contributed by atoms with E-state index in [9.17, 15) is 13.2 Å². The third-order valence-corrected chi connectivity index (χ3v) is 8.43. The molecule has 0 unspecified atom stereocenters. The molecule has 6 heteroatoms. The summed E-state index contributed by atoms with van der Waals surface area (Å²) < 4.78 is 24.1. The number of rotatable bonds is 2. The van der Waals surface area contributed by atoms with Crippen molar-refractivity contribution in [2.24, 2.45) is 0 Å². The van der Waals surface area contributed by atoms with Gasteiger partial charge in [0.25, 0.3) is 0 Å². The Hall–Kier alpha value is -1.43. The third-order valence-electron chi connectivity index (χ3n) is 5.82. The number of amides is 1. The Kier molecular flexibility index (Phi) is 4.45. The predicted molar refractivity (Wildman–Crippen MR) is 93.4 cm³/mol. The second kappa shape index (κ2) is 6.14. The molecule has 0 aromatic carbocycles. The first-order chi connectivity index (χ1) is 11.3. The molecule has 1 aromatic rings. The van der Waals surface area contributed by atoms with Gasteiger partial charge in [-0.05, 0) is 44.7 Å². The fourth-order valence-corrected chi connectivity index (χ4v) is 5.35. The Morgan fingerprint density at radius 3 is 2.50 bits per heavy atom. The Morgan fingerprint density at radius 2 is 1.88 bits per heavy atom. The fourth-order valence-electron chi connectivity index (χ4n) is 3.93. The number of hydrogen-bond acceptors (Lipinski definition) is 4. The molecule has 1 saturated heterocycles. The summed E-state index contributed by atoms with van der Waals surface area (Å²) in [5.41, 5.74) is 0.450. The number of hydrogen-bond donors (Lipinski definition) is 0. The molecule has 1 aromatic heterocycles. The summed E-state index contributed by atoms with van der Waals surface area (Å²) in [5, 5.41) is 0. The van der Waals surface area contributed by atoms with E-state index >= 15 is 0 Å². The van der Waals surface area contributed by atoms with Crippen LogP contribution in [0.3, 0.4) is 0 Å². The average molecular weight is 350 g/mol. The molecule has 1 aliphatic heterocycles. The van der Waals surface area contributed by atoms with Crippen molar-refractivity contribution in [2.45, 2.75) is 56.1 Å². The second-order valence-corrected chi connectivity index (χ2v) is 10.4. The second-order valence-electron chi connectivity index (χ2n) is 7.65. The molecule has 2 heterocycles. The van der Waals surface area contributed by atoms with Crippen LogP contribution in [0.25, 0.3) is 0 Å². The molecular weight excluding hydrogens is 324 g/mol. The number of carbonyl (C=O) groups is 1. The normalized spacial score (nSPS) is 25.2. The van der Waals surface area contributed by atoms with Gasteiger partial charge < -0.3 is 4.90 Å². The van der Waals surface area contributed by atoms with Gasteiger partial charge in [-0.2, -0.15) is 0 Å². The SMILES string of the molecule is CC1(C)CCN(C(=O)C2(c3cccnc3)CCCC2)CCS1(=O)=O. The van der Waals surface area contributed by atoms with Crippen molar-refractivity contribution >= 4 is 15.7 Å². The predicted octanol–water partition coefficient (Wildman–Crippen LogP) is 2.32. The first-order valence-electron chi connectivity index (χ1n) is 8.71. The number of carbonyl (C=O) groups excluding carboxylic acids is 1. The summed E-state index contributed by atoms with van der Waals surface area (Å²) in [6.07, 6.45) is 7.70. The van der Waals surface area contributed by atoms with Crippen LogP contribution in [0.2, 0.25) is 0 Å². The maximum Gasteiger partial charge on any atom is 0.233 e. The first kappa shape index (κ1) is 17.4. The fraction of sp³-hybridized carbons (Fsp3) is 0.667. The lowest BCUT2D eigenvalue weighted by molar-refractivity contribution is -0.137. The van der Waals surface area contributed by atoms with Crippen LogP contribution >= 0.6 is 0 Å². The van der Waals surface area contributed by atoms with Gasteiger partial charge in [-0.25, -0.2) is 8.42 Å². The van der Waals surface area contributed by atoms with Gasteiger partial charge in [0.2, 0.25) is 5.91 Å². The molecule has 1 aliphatic carbocycles. The van der Waals surface area contributed by atoms with Gasteiger partial charge in [0.1, 0.15) is 0 Å². The number of pyridine rings is 1. The summed E-state index contributed by atoms with van der Waals surface area (Å²) in [6.45, 7) is 4.34. The van der Waals surface area contributed by atoms with Crippen LogP contribution in [0.1, 0.15) is 51.5 Å². The van der Waals surface area contributed by atoms with Crippen molar-refractivity contribution in [1.29, 1.82) is 0 Å². The smallest absolute Gasteiger partial charge is 0.233 e. The van der Waals surface area contributed by atoms with Crippen LogP contribution in [-0.2, 0) is 20.0 Å². The minimum Gasteiger partial charge on any atom is -0.341 e. The molecule has 0 bridgehead atoms. The topological polar surface area (TPSA) is 67.3 Å². The minimum absolute atomic E-state index is 0.0505. The van der Waals surface area contributed by atoms with E-state index in [1.807, 2.05) is 12.1 Å². The largest absolute Gasteiger partial charge is 0.341 e. The number of aromatic nitrogens is 1. The van der Waals surface area contributed by atoms with Crippen molar-refractivity contribution in [2.75, 3.05) is 18.8 Å². The molecular formula is C18H26N2O3S. The summed E-state index contributed by atoms with van der Waals surface area (Å²) in [6, 6.07) is 3.85. The molecule has 0 spiro atoms. The monoisotopic (exact) mass is 350 g/mol. The molecule has 5 nitrogen and oxygen atoms in total. The van der Waals surface area contributed by atoms with E-state index in [0.29, 0.717) is 19.5 Å². The molecule has 24 heavy (non-hydrogen) atoms. The van der Waals surface area contributed by atoms with E-state index in [0.717, 1.165) is 31.2 Å². The molecule has 1 amide bonds. The minimum atomic E-state index is -3.18. The van der Waals surface area contributed by atoms with Crippen molar-refractivity contribution in [1.82, 2.24) is 9.88 Å². The van der Waals surface area contributed by atoms with E-state index in [1.165, 1.54) is 0 Å². The van der Waals surface area contributed by atoms with Crippen LogP contribution in [-0.4, -0.2) is 47.8 Å². The van der Waals surface area contributed by atoms with Gasteiger partial charge in [0.15, 0.2) is 9.84 Å². The lowest BCUT2D eigenvalue weighted by atomic mass is 9.78. The lowest BCUT2D eigenvalue weighted by Gasteiger charge is -2.34. The maximum atomic E-state index is 13.4. The van der Waals surface area contributed by atoms with Crippen molar-refractivity contribution in [3.8, 4) is 0 Å². The van der Waals surface area contributed by atoms with Gasteiger partial charge in [-0.3, -0.25) is 9.78 Å². The van der Waals surface area contributed by atoms with E-state index in [-0.39, 0.29) is 11.7 Å². The highest BCUT2D eigenvalue weighted by Crippen LogP contribution is 2.43. The number of nitrogens with zero attached hydrogens (tertiary/aromatic N) is 2. The lowest BCUT2D eigenvalue weighted by Crippen LogP contribution is -2.46. The first-order valence-corrected chi connectivity index (χ1v) is 10.4. The zero-order valence-corrected chi connectivity index (χ0v) is 15.3. The van der Waals surface area contributed by atoms with E-state index in [1.54, 1.807) is 31.1 Å². The Bertz CT molecular complexity index is 707. The molecule has 3 rings (SSSR count). The van der Waals surface area contributed by atoms with Crippen molar-refractivity contribution in [3.63, 3.8) is 0 Å². The molecule has 2 aliphatic rings. The Morgan fingerprint density at radius 1 is 1.17 bits per heavy atom. The summed E-state index contributed by atoms with van der Waals surface area (Å²) in [7, 11) is -3.18. The summed E-state index contributed by atoms with van der Waals surface area (Å²) >= 11 is 0. The van der Waals surface area contributed by atoms with Gasteiger partial charge in [0, 0.05) is 25.5 Å². The highest BCUT2D eigenvalue weighted by atomic mass is 32.2. The van der Waals surface area contributed by atoms with E-state index in [4.69, 9.17) is 0 Å². The number of sulfone groups is 1. The van der Waals surface area contributed by atoms with E-state index in [2.05, 4.69) is 4.98 Å². The van der Waals surface area contributed by atoms with Gasteiger partial charge in [0.05, 0.1) is 15.9 Å². The van der Waals surface area contributed by atoms with Crippen LogP contribution in [0.15, 0.2) is 24.5 Å². The van der Waals surface area contributed by atoms with Crippen LogP contribution in [0.5, 0.6) is 0 Å². The highest BCUT2D eigenvalue weighted by Gasteiger charge is 2.47. The molecule has 0 N–H and O–H groups in total. The quantitative estimate of drug-likeness (QED) is 0.821. The Balaban J connectivity index is 1.90. The standard InChI is InChI=1S/C18H26N2O3S/c1-17(2)9-11-20(12-13-24(17,22)23)16(21)18(7-3-4-8-18)15-6-5-10-19-14-15/h5-6,10,14H,3-4,7-9,11-13H2,1-2H3. The zero-order valence-electron chi connectivity index (χ0n) is 14.5. The van der Waals surface area contributed by atoms with Crippen molar-refractivity contribution in [3.05, 3.63) is 30.1 Å². The Labute approximate surface area is 144 Å². The third kappa shape index (κ3) is 2.85. The highest BCUT2D eigenvalue weighted by molar-refractivity contribution is 7.92. The van der Waals surface area contributed by atoms with Crippen LogP contribution < -0.4 is 0 Å². The van der Waals surface area contributed by atoms with Crippen molar-refractivity contribution < 1.29 is 13.2 Å². The molecule has 2 fully saturated rings. The maximum absolute atomic E-state index is 13.4. The van der Waals surface area contributed by atoms with Gasteiger partial charge in [-0.1, -0.05) is 18.9 Å².